The van der Waals surface area contributed by atoms with Crippen LogP contribution in [0.2, 0.25) is 0 Å². The predicted octanol–water partition coefficient (Wildman–Crippen LogP) is 4.72. The minimum absolute atomic E-state index is 0.154. The summed E-state index contributed by atoms with van der Waals surface area (Å²) < 4.78 is 0. The average molecular weight is 286 g/mol. The quantitative estimate of drug-likeness (QED) is 0.691. The summed E-state index contributed by atoms with van der Waals surface area (Å²) in [5.74, 6) is 4.37. The maximum Gasteiger partial charge on any atom is 0.0723 e. The van der Waals surface area contributed by atoms with Gasteiger partial charge in [0.15, 0.2) is 0 Å². The molecule has 1 N–H and O–H groups in total. The van der Waals surface area contributed by atoms with Crippen LogP contribution in [0.3, 0.4) is 0 Å². The molecule has 0 aliphatic heterocycles. The van der Waals surface area contributed by atoms with Crippen molar-refractivity contribution in [2.75, 3.05) is 0 Å². The Balaban J connectivity index is 1.61. The first-order valence-electron chi connectivity index (χ1n) is 9.14. The predicted molar refractivity (Wildman–Crippen MR) is 86.8 cm³/mol. The first-order valence-corrected chi connectivity index (χ1v) is 9.14. The van der Waals surface area contributed by atoms with Gasteiger partial charge in [0.25, 0.3) is 0 Å². The summed E-state index contributed by atoms with van der Waals surface area (Å²) in [7, 11) is 0. The molecule has 0 spiro atoms. The second kappa shape index (κ2) is 4.98. The molecule has 1 heteroatoms. The fraction of sp³-hybridized carbons (Fsp3) is 0.800. The maximum atomic E-state index is 9.91. The van der Waals surface area contributed by atoms with E-state index in [-0.39, 0.29) is 6.10 Å². The van der Waals surface area contributed by atoms with Crippen LogP contribution in [0.1, 0.15) is 58.3 Å². The summed E-state index contributed by atoms with van der Waals surface area (Å²) in [6.07, 6.45) is 14.8. The van der Waals surface area contributed by atoms with Crippen LogP contribution >= 0.6 is 0 Å². The molecular formula is C20H30O. The molecule has 21 heavy (non-hydrogen) atoms. The molecule has 4 aliphatic rings. The van der Waals surface area contributed by atoms with Gasteiger partial charge >= 0.3 is 0 Å². The number of rotatable bonds is 1. The smallest absolute Gasteiger partial charge is 0.0723 e. The van der Waals surface area contributed by atoms with Crippen molar-refractivity contribution in [2.45, 2.75) is 64.4 Å². The molecule has 0 radical (unpaired) electrons. The lowest BCUT2D eigenvalue weighted by atomic mass is 9.51. The van der Waals surface area contributed by atoms with Crippen molar-refractivity contribution in [3.63, 3.8) is 0 Å². The molecule has 1 nitrogen and oxygen atoms in total. The van der Waals surface area contributed by atoms with Crippen molar-refractivity contribution >= 4 is 0 Å². The van der Waals surface area contributed by atoms with Gasteiger partial charge in [-0.05, 0) is 86.4 Å². The lowest BCUT2D eigenvalue weighted by Gasteiger charge is -2.54. The van der Waals surface area contributed by atoms with Crippen molar-refractivity contribution < 1.29 is 5.11 Å². The highest BCUT2D eigenvalue weighted by Crippen LogP contribution is 2.63. The van der Waals surface area contributed by atoms with Crippen LogP contribution in [-0.2, 0) is 0 Å². The van der Waals surface area contributed by atoms with E-state index >= 15 is 0 Å². The van der Waals surface area contributed by atoms with E-state index < -0.39 is 0 Å². The minimum Gasteiger partial charge on any atom is -0.389 e. The number of aliphatic hydroxyl groups is 1. The number of hydrogen-bond acceptors (Lipinski definition) is 1. The zero-order valence-corrected chi connectivity index (χ0v) is 13.4. The summed E-state index contributed by atoms with van der Waals surface area (Å²) in [6, 6.07) is 0. The van der Waals surface area contributed by atoms with Crippen molar-refractivity contribution in [2.24, 2.45) is 35.0 Å². The summed E-state index contributed by atoms with van der Waals surface area (Å²) in [5, 5.41) is 9.91. The first kappa shape index (κ1) is 14.1. The molecule has 0 aromatic carbocycles. The number of fused-ring (bicyclic) bond motifs is 5. The van der Waals surface area contributed by atoms with Gasteiger partial charge in [0, 0.05) is 0 Å². The third-order valence-corrected chi connectivity index (χ3v) is 7.79. The Morgan fingerprint density at radius 2 is 2.00 bits per heavy atom. The van der Waals surface area contributed by atoms with E-state index in [9.17, 15) is 5.11 Å². The molecule has 0 aromatic heterocycles. The highest BCUT2D eigenvalue weighted by molar-refractivity contribution is 5.20. The maximum absolute atomic E-state index is 9.91. The van der Waals surface area contributed by atoms with Crippen LogP contribution in [0.25, 0.3) is 0 Å². The zero-order valence-electron chi connectivity index (χ0n) is 13.4. The van der Waals surface area contributed by atoms with E-state index in [1.165, 1.54) is 44.9 Å². The SMILES string of the molecule is C=C[C@H]1CC[C@H]2[C@@H]3CCC4=CC(O)CC[C@@H]4[C@H]3CC[C@]12C. The zero-order chi connectivity index (χ0) is 14.6. The third-order valence-electron chi connectivity index (χ3n) is 7.79. The normalized spacial score (nSPS) is 52.4. The topological polar surface area (TPSA) is 20.2 Å². The van der Waals surface area contributed by atoms with Crippen molar-refractivity contribution in [3.8, 4) is 0 Å². The van der Waals surface area contributed by atoms with Crippen LogP contribution < -0.4 is 0 Å². The van der Waals surface area contributed by atoms with E-state index in [1.807, 2.05) is 0 Å². The lowest BCUT2D eigenvalue weighted by Crippen LogP contribution is -2.46. The molecule has 3 saturated carbocycles. The van der Waals surface area contributed by atoms with E-state index in [2.05, 4.69) is 25.7 Å². The van der Waals surface area contributed by atoms with E-state index in [1.54, 1.807) is 5.57 Å². The van der Waals surface area contributed by atoms with Gasteiger partial charge in [-0.3, -0.25) is 0 Å². The average Bonchev–Trinajstić information content (AvgIpc) is 2.83. The second-order valence-electron chi connectivity index (χ2n) is 8.43. The molecule has 7 atom stereocenters. The molecule has 0 saturated heterocycles. The van der Waals surface area contributed by atoms with E-state index in [0.29, 0.717) is 5.41 Å². The highest BCUT2D eigenvalue weighted by Gasteiger charge is 2.55. The summed E-state index contributed by atoms with van der Waals surface area (Å²) in [4.78, 5) is 0. The van der Waals surface area contributed by atoms with Crippen molar-refractivity contribution in [1.29, 1.82) is 0 Å². The van der Waals surface area contributed by atoms with Gasteiger partial charge in [-0.25, -0.2) is 0 Å². The molecule has 4 rings (SSSR count). The Labute approximate surface area is 129 Å². The number of allylic oxidation sites excluding steroid dienone is 2. The Morgan fingerprint density at radius 1 is 1.14 bits per heavy atom. The molecule has 0 amide bonds. The molecule has 3 fully saturated rings. The van der Waals surface area contributed by atoms with Gasteiger partial charge < -0.3 is 5.11 Å². The van der Waals surface area contributed by atoms with Gasteiger partial charge in [0.2, 0.25) is 0 Å². The monoisotopic (exact) mass is 286 g/mol. The van der Waals surface area contributed by atoms with Gasteiger partial charge in [0.05, 0.1) is 6.10 Å². The van der Waals surface area contributed by atoms with E-state index in [4.69, 9.17) is 0 Å². The Hall–Kier alpha value is -0.560. The Bertz CT molecular complexity index is 464. The Kier molecular flexibility index (Phi) is 3.33. The molecule has 116 valence electrons. The van der Waals surface area contributed by atoms with Crippen molar-refractivity contribution in [1.82, 2.24) is 0 Å². The van der Waals surface area contributed by atoms with Crippen LogP contribution in [-0.4, -0.2) is 11.2 Å². The Morgan fingerprint density at radius 3 is 2.81 bits per heavy atom. The molecule has 0 bridgehead atoms. The first-order chi connectivity index (χ1) is 10.1. The molecule has 1 unspecified atom stereocenters. The second-order valence-corrected chi connectivity index (χ2v) is 8.43. The minimum atomic E-state index is -0.154. The van der Waals surface area contributed by atoms with Crippen LogP contribution in [0, 0.1) is 35.0 Å². The number of aliphatic hydroxyl groups excluding tert-OH is 1. The fourth-order valence-electron chi connectivity index (χ4n) is 6.74. The summed E-state index contributed by atoms with van der Waals surface area (Å²) in [5.41, 5.74) is 2.15. The van der Waals surface area contributed by atoms with Gasteiger partial charge in [-0.15, -0.1) is 6.58 Å². The summed E-state index contributed by atoms with van der Waals surface area (Å²) in [6.45, 7) is 6.68. The van der Waals surface area contributed by atoms with Gasteiger partial charge in [-0.1, -0.05) is 24.6 Å². The molecule has 0 aromatic rings. The summed E-state index contributed by atoms with van der Waals surface area (Å²) >= 11 is 0. The molecule has 4 aliphatic carbocycles. The molecule has 0 heterocycles. The van der Waals surface area contributed by atoms with Crippen molar-refractivity contribution in [3.05, 3.63) is 24.3 Å². The highest BCUT2D eigenvalue weighted by atomic mass is 16.3. The van der Waals surface area contributed by atoms with Crippen LogP contribution in [0.5, 0.6) is 0 Å². The standard InChI is InChI=1S/C20H30O/c1-3-14-5-9-19-18-7-4-13-12-15(21)6-8-16(13)17(18)10-11-20(14,19)2/h3,12,14-19,21H,1,4-11H2,2H3/t14-,15?,16-,17+,18+,19-,20+/m0/s1. The lowest BCUT2D eigenvalue weighted by molar-refractivity contribution is -0.0167. The molecular weight excluding hydrogens is 256 g/mol. The third kappa shape index (κ3) is 2.00. The fourth-order valence-corrected chi connectivity index (χ4v) is 6.74. The number of hydrogen-bond donors (Lipinski definition) is 1. The van der Waals surface area contributed by atoms with Gasteiger partial charge in [-0.2, -0.15) is 0 Å². The largest absolute Gasteiger partial charge is 0.389 e. The van der Waals surface area contributed by atoms with E-state index in [0.717, 1.165) is 36.0 Å². The van der Waals surface area contributed by atoms with Crippen LogP contribution in [0.4, 0.5) is 0 Å². The van der Waals surface area contributed by atoms with Crippen LogP contribution in [0.15, 0.2) is 24.3 Å². The van der Waals surface area contributed by atoms with Gasteiger partial charge in [0.1, 0.15) is 0 Å².